The molecule has 0 saturated heterocycles. The van der Waals surface area contributed by atoms with Crippen LogP contribution in [0, 0.1) is 29.4 Å². The summed E-state index contributed by atoms with van der Waals surface area (Å²) >= 11 is 0. The number of pyridine rings is 1. The van der Waals surface area contributed by atoms with E-state index in [0.29, 0.717) is 0 Å². The van der Waals surface area contributed by atoms with Crippen molar-refractivity contribution in [2.45, 2.75) is 38.6 Å². The molecule has 0 aromatic carbocycles. The third-order valence-electron chi connectivity index (χ3n) is 3.89. The van der Waals surface area contributed by atoms with E-state index in [0.717, 1.165) is 25.7 Å². The van der Waals surface area contributed by atoms with Gasteiger partial charge in [-0.15, -0.1) is 0 Å². The number of nitrogens with zero attached hydrogens (tertiary/aromatic N) is 2. The molecule has 0 aliphatic heterocycles. The van der Waals surface area contributed by atoms with Crippen molar-refractivity contribution in [1.82, 2.24) is 4.98 Å². The smallest absolute Gasteiger partial charge is 0.253 e. The highest BCUT2D eigenvalue weighted by Crippen LogP contribution is 2.33. The molecule has 0 bridgehead atoms. The fourth-order valence-corrected chi connectivity index (χ4v) is 2.82. The molecular formula is C13H16F4N2. The molecule has 106 valence electrons. The van der Waals surface area contributed by atoms with Gasteiger partial charge in [0, 0.05) is 13.1 Å². The lowest BCUT2D eigenvalue weighted by Crippen LogP contribution is -2.40. The fourth-order valence-electron chi connectivity index (χ4n) is 2.82. The maximum atomic E-state index is 13.7. The van der Waals surface area contributed by atoms with Crippen molar-refractivity contribution in [3.05, 3.63) is 23.5 Å². The van der Waals surface area contributed by atoms with Gasteiger partial charge in [0.2, 0.25) is 11.6 Å². The summed E-state index contributed by atoms with van der Waals surface area (Å²) in [4.78, 5) is 3.88. The van der Waals surface area contributed by atoms with E-state index < -0.39 is 29.2 Å². The highest BCUT2D eigenvalue weighted by atomic mass is 19.2. The van der Waals surface area contributed by atoms with Crippen LogP contribution < -0.4 is 4.90 Å². The zero-order chi connectivity index (χ0) is 14.2. The Morgan fingerprint density at radius 2 is 1.53 bits per heavy atom. The molecule has 1 aliphatic rings. The first kappa shape index (κ1) is 14.1. The van der Waals surface area contributed by atoms with Crippen LogP contribution in [0.25, 0.3) is 0 Å². The molecule has 1 fully saturated rings. The van der Waals surface area contributed by atoms with Crippen molar-refractivity contribution in [2.75, 3.05) is 11.9 Å². The fraction of sp³-hybridized carbons (Fsp3) is 0.615. The summed E-state index contributed by atoms with van der Waals surface area (Å²) in [6.45, 7) is 1.98. The normalized spacial score (nSPS) is 23.5. The molecule has 0 amide bonds. The van der Waals surface area contributed by atoms with Gasteiger partial charge in [0.25, 0.3) is 11.9 Å². The Kier molecular flexibility index (Phi) is 3.96. The second kappa shape index (κ2) is 5.35. The molecule has 1 aromatic heterocycles. The molecule has 0 spiro atoms. The number of hydrogen-bond donors (Lipinski definition) is 0. The number of hydrogen-bond acceptors (Lipinski definition) is 2. The summed E-state index contributed by atoms with van der Waals surface area (Å²) in [5.41, 5.74) is -0.663. The van der Waals surface area contributed by atoms with Crippen molar-refractivity contribution in [1.29, 1.82) is 0 Å². The lowest BCUT2D eigenvalue weighted by Gasteiger charge is -2.37. The minimum atomic E-state index is -1.61. The molecule has 1 aliphatic carbocycles. The number of halogens is 4. The van der Waals surface area contributed by atoms with Gasteiger partial charge in [0.15, 0.2) is 0 Å². The SMILES string of the molecule is CC1CCCCC1N(C)c1c(F)c(F)nc(F)c1F. The highest BCUT2D eigenvalue weighted by Gasteiger charge is 2.31. The summed E-state index contributed by atoms with van der Waals surface area (Å²) in [5.74, 6) is -5.86. The lowest BCUT2D eigenvalue weighted by atomic mass is 9.85. The maximum Gasteiger partial charge on any atom is 0.253 e. The van der Waals surface area contributed by atoms with Crippen LogP contribution >= 0.6 is 0 Å². The minimum absolute atomic E-state index is 0.126. The highest BCUT2D eigenvalue weighted by molar-refractivity contribution is 5.49. The van der Waals surface area contributed by atoms with Crippen LogP contribution in [0.1, 0.15) is 32.6 Å². The third-order valence-corrected chi connectivity index (χ3v) is 3.89. The Morgan fingerprint density at radius 1 is 1.00 bits per heavy atom. The number of aromatic nitrogens is 1. The van der Waals surface area contributed by atoms with Crippen molar-refractivity contribution < 1.29 is 17.6 Å². The zero-order valence-corrected chi connectivity index (χ0v) is 10.9. The summed E-state index contributed by atoms with van der Waals surface area (Å²) in [7, 11) is 1.47. The second-order valence-corrected chi connectivity index (χ2v) is 5.11. The summed E-state index contributed by atoms with van der Waals surface area (Å²) in [6.07, 6.45) is 3.70. The van der Waals surface area contributed by atoms with Gasteiger partial charge < -0.3 is 4.90 Å². The monoisotopic (exact) mass is 276 g/mol. The average Bonchev–Trinajstić information content (AvgIpc) is 2.37. The predicted octanol–water partition coefficient (Wildman–Crippen LogP) is 3.65. The van der Waals surface area contributed by atoms with Crippen LogP contribution in [0.5, 0.6) is 0 Å². The van der Waals surface area contributed by atoms with Gasteiger partial charge in [-0.3, -0.25) is 0 Å². The van der Waals surface area contributed by atoms with Crippen molar-refractivity contribution >= 4 is 5.69 Å². The average molecular weight is 276 g/mol. The van der Waals surface area contributed by atoms with E-state index >= 15 is 0 Å². The predicted molar refractivity (Wildman–Crippen MR) is 63.9 cm³/mol. The Bertz CT molecular complexity index is 452. The summed E-state index contributed by atoms with van der Waals surface area (Å²) in [6, 6.07) is -0.126. The van der Waals surface area contributed by atoms with Gasteiger partial charge in [0.1, 0.15) is 5.69 Å². The van der Waals surface area contributed by atoms with Gasteiger partial charge >= 0.3 is 0 Å². The Hall–Kier alpha value is -1.33. The first-order chi connectivity index (χ1) is 8.93. The summed E-state index contributed by atoms with van der Waals surface area (Å²) in [5, 5.41) is 0. The quantitative estimate of drug-likeness (QED) is 0.605. The first-order valence-electron chi connectivity index (χ1n) is 6.36. The van der Waals surface area contributed by atoms with Gasteiger partial charge in [-0.25, -0.2) is 0 Å². The van der Waals surface area contributed by atoms with Gasteiger partial charge in [-0.05, 0) is 18.8 Å². The van der Waals surface area contributed by atoms with Crippen molar-refractivity contribution in [3.63, 3.8) is 0 Å². The number of rotatable bonds is 2. The van der Waals surface area contributed by atoms with Gasteiger partial charge in [0.05, 0.1) is 0 Å². The van der Waals surface area contributed by atoms with Gasteiger partial charge in [-0.2, -0.15) is 22.5 Å². The van der Waals surface area contributed by atoms with E-state index in [1.54, 1.807) is 0 Å². The third kappa shape index (κ3) is 2.53. The zero-order valence-electron chi connectivity index (χ0n) is 10.9. The molecule has 1 aromatic rings. The lowest BCUT2D eigenvalue weighted by molar-refractivity contribution is 0.314. The van der Waals surface area contributed by atoms with E-state index in [4.69, 9.17) is 0 Å². The topological polar surface area (TPSA) is 16.1 Å². The van der Waals surface area contributed by atoms with Crippen molar-refractivity contribution in [3.8, 4) is 0 Å². The molecule has 6 heteroatoms. The largest absolute Gasteiger partial charge is 0.366 e. The van der Waals surface area contributed by atoms with E-state index in [9.17, 15) is 17.6 Å². The Labute approximate surface area is 109 Å². The Morgan fingerprint density at radius 3 is 2.05 bits per heavy atom. The van der Waals surface area contributed by atoms with Crippen molar-refractivity contribution in [2.24, 2.45) is 5.92 Å². The van der Waals surface area contributed by atoms with E-state index in [2.05, 4.69) is 4.98 Å². The van der Waals surface area contributed by atoms with Crippen LogP contribution in [0.4, 0.5) is 23.2 Å². The molecular weight excluding hydrogens is 260 g/mol. The van der Waals surface area contributed by atoms with E-state index in [-0.39, 0.29) is 12.0 Å². The molecule has 1 saturated carbocycles. The molecule has 2 atom stereocenters. The van der Waals surface area contributed by atoms with Crippen LogP contribution in [0.15, 0.2) is 0 Å². The standard InChI is InChI=1S/C13H16F4N2/c1-7-5-3-4-6-8(7)19(2)11-9(14)12(16)18-13(17)10(11)15/h7-8H,3-6H2,1-2H3. The molecule has 2 unspecified atom stereocenters. The minimum Gasteiger partial charge on any atom is -0.366 e. The Balaban J connectivity index is 2.40. The van der Waals surface area contributed by atoms with Gasteiger partial charge in [-0.1, -0.05) is 19.8 Å². The van der Waals surface area contributed by atoms with Crippen LogP contribution in [-0.4, -0.2) is 18.1 Å². The maximum absolute atomic E-state index is 13.7. The summed E-state index contributed by atoms with van der Waals surface area (Å²) < 4.78 is 53.6. The molecule has 19 heavy (non-hydrogen) atoms. The van der Waals surface area contributed by atoms with Crippen LogP contribution in [-0.2, 0) is 0 Å². The first-order valence-corrected chi connectivity index (χ1v) is 6.36. The van der Waals surface area contributed by atoms with Crippen LogP contribution in [0.2, 0.25) is 0 Å². The molecule has 0 N–H and O–H groups in total. The van der Waals surface area contributed by atoms with E-state index in [1.807, 2.05) is 6.92 Å². The second-order valence-electron chi connectivity index (χ2n) is 5.11. The van der Waals surface area contributed by atoms with E-state index in [1.165, 1.54) is 11.9 Å². The molecule has 2 nitrogen and oxygen atoms in total. The molecule has 2 rings (SSSR count). The molecule has 1 heterocycles. The van der Waals surface area contributed by atoms with Crippen LogP contribution in [0.3, 0.4) is 0 Å². The molecule has 0 radical (unpaired) electrons. The number of anilines is 1.